The molecule has 0 spiro atoms. The quantitative estimate of drug-likeness (QED) is 0.590. The molecule has 0 aliphatic heterocycles. The second kappa shape index (κ2) is 5.71. The number of hydrogen-bond acceptors (Lipinski definition) is 2. The van der Waals surface area contributed by atoms with Gasteiger partial charge in [-0.25, -0.2) is 4.79 Å². The van der Waals surface area contributed by atoms with Crippen LogP contribution in [0.5, 0.6) is 5.75 Å². The summed E-state index contributed by atoms with van der Waals surface area (Å²) < 4.78 is 5.35. The molecule has 0 amide bonds. The van der Waals surface area contributed by atoms with E-state index in [1.54, 1.807) is 12.1 Å². The molecule has 0 radical (unpaired) electrons. The molecule has 15 heavy (non-hydrogen) atoms. The third-order valence-corrected chi connectivity index (χ3v) is 1.84. The monoisotopic (exact) mass is 204 g/mol. The van der Waals surface area contributed by atoms with Crippen molar-refractivity contribution >= 4 is 5.97 Å². The van der Waals surface area contributed by atoms with Crippen LogP contribution in [0.15, 0.2) is 24.3 Å². The Bertz CT molecular complexity index is 359. The molecule has 0 aliphatic carbocycles. The molecule has 0 saturated heterocycles. The van der Waals surface area contributed by atoms with E-state index in [0.29, 0.717) is 18.8 Å². The molecule has 0 bridgehead atoms. The summed E-state index contributed by atoms with van der Waals surface area (Å²) >= 11 is 0. The summed E-state index contributed by atoms with van der Waals surface area (Å²) in [5.41, 5.74) is 0.256. The highest BCUT2D eigenvalue weighted by Crippen LogP contribution is 2.12. The van der Waals surface area contributed by atoms with Crippen LogP contribution in [0.2, 0.25) is 0 Å². The van der Waals surface area contributed by atoms with Crippen molar-refractivity contribution in [2.45, 2.75) is 12.8 Å². The van der Waals surface area contributed by atoms with Gasteiger partial charge in [-0.2, -0.15) is 0 Å². The van der Waals surface area contributed by atoms with Crippen molar-refractivity contribution < 1.29 is 14.6 Å². The molecule has 0 heterocycles. The van der Waals surface area contributed by atoms with Crippen LogP contribution in [0, 0.1) is 12.3 Å². The third kappa shape index (κ3) is 3.74. The first kappa shape index (κ1) is 11.1. The van der Waals surface area contributed by atoms with Gasteiger partial charge in [0.15, 0.2) is 0 Å². The minimum absolute atomic E-state index is 0.256. The van der Waals surface area contributed by atoms with Crippen LogP contribution >= 0.6 is 0 Å². The summed E-state index contributed by atoms with van der Waals surface area (Å²) in [6, 6.07) is 6.30. The van der Waals surface area contributed by atoms with E-state index in [-0.39, 0.29) is 5.56 Å². The van der Waals surface area contributed by atoms with Crippen LogP contribution in [0.3, 0.4) is 0 Å². The van der Waals surface area contributed by atoms with E-state index < -0.39 is 5.97 Å². The molecule has 3 nitrogen and oxygen atoms in total. The lowest BCUT2D eigenvalue weighted by atomic mass is 10.2. The van der Waals surface area contributed by atoms with Gasteiger partial charge in [-0.3, -0.25) is 0 Å². The SMILES string of the molecule is C#CCCCOc1ccc(C(=O)O)cc1. The maximum absolute atomic E-state index is 10.5. The topological polar surface area (TPSA) is 46.5 Å². The van der Waals surface area contributed by atoms with Gasteiger partial charge in [0.1, 0.15) is 5.75 Å². The number of aromatic carboxylic acids is 1. The Labute approximate surface area is 88.7 Å². The average Bonchev–Trinajstić information content (AvgIpc) is 2.25. The van der Waals surface area contributed by atoms with E-state index in [0.717, 1.165) is 6.42 Å². The molecule has 3 heteroatoms. The number of hydrogen-bond donors (Lipinski definition) is 1. The Balaban J connectivity index is 2.43. The zero-order chi connectivity index (χ0) is 11.1. The number of benzene rings is 1. The number of terminal acetylenes is 1. The van der Waals surface area contributed by atoms with E-state index in [1.807, 2.05) is 0 Å². The van der Waals surface area contributed by atoms with Crippen molar-refractivity contribution in [2.75, 3.05) is 6.61 Å². The molecular weight excluding hydrogens is 192 g/mol. The van der Waals surface area contributed by atoms with E-state index in [4.69, 9.17) is 16.3 Å². The molecule has 0 aromatic heterocycles. The van der Waals surface area contributed by atoms with Crippen LogP contribution in [-0.2, 0) is 0 Å². The zero-order valence-corrected chi connectivity index (χ0v) is 8.27. The standard InChI is InChI=1S/C12H12O3/c1-2-3-4-9-15-11-7-5-10(6-8-11)12(13)14/h1,5-8H,3-4,9H2,(H,13,14). The van der Waals surface area contributed by atoms with Gasteiger partial charge in [0, 0.05) is 6.42 Å². The van der Waals surface area contributed by atoms with Crippen molar-refractivity contribution in [3.05, 3.63) is 29.8 Å². The summed E-state index contributed by atoms with van der Waals surface area (Å²) in [6.07, 6.45) is 6.58. The fraction of sp³-hybridized carbons (Fsp3) is 0.250. The first-order chi connectivity index (χ1) is 7.24. The number of carbonyl (C=O) groups is 1. The molecule has 0 atom stereocenters. The van der Waals surface area contributed by atoms with E-state index in [1.165, 1.54) is 12.1 Å². The summed E-state index contributed by atoms with van der Waals surface area (Å²) in [7, 11) is 0. The van der Waals surface area contributed by atoms with Gasteiger partial charge >= 0.3 is 5.97 Å². The van der Waals surface area contributed by atoms with Gasteiger partial charge in [0.05, 0.1) is 12.2 Å². The smallest absolute Gasteiger partial charge is 0.335 e. The maximum atomic E-state index is 10.5. The highest BCUT2D eigenvalue weighted by Gasteiger charge is 2.01. The van der Waals surface area contributed by atoms with Crippen molar-refractivity contribution in [1.29, 1.82) is 0 Å². The fourth-order valence-corrected chi connectivity index (χ4v) is 1.06. The highest BCUT2D eigenvalue weighted by atomic mass is 16.5. The molecular formula is C12H12O3. The number of ether oxygens (including phenoxy) is 1. The van der Waals surface area contributed by atoms with Crippen molar-refractivity contribution in [2.24, 2.45) is 0 Å². The minimum atomic E-state index is -0.936. The lowest BCUT2D eigenvalue weighted by Crippen LogP contribution is -1.98. The molecule has 1 rings (SSSR count). The van der Waals surface area contributed by atoms with Crippen molar-refractivity contribution in [3.8, 4) is 18.1 Å². The van der Waals surface area contributed by atoms with Crippen molar-refractivity contribution in [3.63, 3.8) is 0 Å². The zero-order valence-electron chi connectivity index (χ0n) is 8.27. The molecule has 1 N–H and O–H groups in total. The lowest BCUT2D eigenvalue weighted by molar-refractivity contribution is 0.0697. The lowest BCUT2D eigenvalue weighted by Gasteiger charge is -2.04. The fourth-order valence-electron chi connectivity index (χ4n) is 1.06. The first-order valence-corrected chi connectivity index (χ1v) is 4.63. The molecule has 0 aliphatic rings. The predicted octanol–water partition coefficient (Wildman–Crippen LogP) is 2.18. The second-order valence-corrected chi connectivity index (χ2v) is 2.99. The second-order valence-electron chi connectivity index (χ2n) is 2.99. The Morgan fingerprint density at radius 1 is 1.40 bits per heavy atom. The third-order valence-electron chi connectivity index (χ3n) is 1.84. The summed E-state index contributed by atoms with van der Waals surface area (Å²) in [5.74, 6) is 2.25. The largest absolute Gasteiger partial charge is 0.494 e. The number of carboxylic acids is 1. The van der Waals surface area contributed by atoms with Gasteiger partial charge in [-0.1, -0.05) is 0 Å². The molecule has 1 aromatic rings. The van der Waals surface area contributed by atoms with Crippen LogP contribution in [-0.4, -0.2) is 17.7 Å². The van der Waals surface area contributed by atoms with E-state index in [2.05, 4.69) is 5.92 Å². The van der Waals surface area contributed by atoms with Crippen LogP contribution in [0.4, 0.5) is 0 Å². The van der Waals surface area contributed by atoms with E-state index >= 15 is 0 Å². The Morgan fingerprint density at radius 2 is 2.07 bits per heavy atom. The Kier molecular flexibility index (Phi) is 4.24. The van der Waals surface area contributed by atoms with E-state index in [9.17, 15) is 4.79 Å². The van der Waals surface area contributed by atoms with Gasteiger partial charge < -0.3 is 9.84 Å². The normalized spacial score (nSPS) is 9.27. The molecule has 0 fully saturated rings. The predicted molar refractivity (Wildman–Crippen MR) is 57.0 cm³/mol. The van der Waals surface area contributed by atoms with Gasteiger partial charge in [-0.15, -0.1) is 12.3 Å². The molecule has 1 aromatic carbocycles. The molecule has 0 saturated carbocycles. The summed E-state index contributed by atoms with van der Waals surface area (Å²) in [6.45, 7) is 0.552. The van der Waals surface area contributed by atoms with Crippen LogP contribution in [0.25, 0.3) is 0 Å². The number of unbranched alkanes of at least 4 members (excludes halogenated alkanes) is 1. The molecule has 78 valence electrons. The molecule has 0 unspecified atom stereocenters. The maximum Gasteiger partial charge on any atom is 0.335 e. The Morgan fingerprint density at radius 3 is 2.60 bits per heavy atom. The first-order valence-electron chi connectivity index (χ1n) is 4.63. The van der Waals surface area contributed by atoms with Gasteiger partial charge in [0.2, 0.25) is 0 Å². The highest BCUT2D eigenvalue weighted by molar-refractivity contribution is 5.87. The van der Waals surface area contributed by atoms with Crippen molar-refractivity contribution in [1.82, 2.24) is 0 Å². The summed E-state index contributed by atoms with van der Waals surface area (Å²) in [4.78, 5) is 10.5. The van der Waals surface area contributed by atoms with Gasteiger partial charge in [-0.05, 0) is 30.7 Å². The average molecular weight is 204 g/mol. The minimum Gasteiger partial charge on any atom is -0.494 e. The van der Waals surface area contributed by atoms with Gasteiger partial charge in [0.25, 0.3) is 0 Å². The number of carboxylic acid groups (broad SMARTS) is 1. The number of rotatable bonds is 5. The Hall–Kier alpha value is -1.95. The summed E-state index contributed by atoms with van der Waals surface area (Å²) in [5, 5.41) is 8.66. The van der Waals surface area contributed by atoms with Crippen LogP contribution in [0.1, 0.15) is 23.2 Å². The van der Waals surface area contributed by atoms with Crippen LogP contribution < -0.4 is 4.74 Å².